The maximum absolute atomic E-state index is 11.0. The molecule has 0 atom stereocenters. The van der Waals surface area contributed by atoms with Crippen LogP contribution in [0.4, 0.5) is 11.4 Å². The van der Waals surface area contributed by atoms with Crippen LogP contribution in [0.3, 0.4) is 0 Å². The lowest BCUT2D eigenvalue weighted by Crippen LogP contribution is -2.32. The van der Waals surface area contributed by atoms with Crippen molar-refractivity contribution < 1.29 is 24.1 Å². The molecular formula is C36H42N6O5. The van der Waals surface area contributed by atoms with E-state index in [0.717, 1.165) is 84.1 Å². The Kier molecular flexibility index (Phi) is 11.2. The Labute approximate surface area is 275 Å². The summed E-state index contributed by atoms with van der Waals surface area (Å²) in [7, 11) is 3.31. The monoisotopic (exact) mass is 638 g/mol. The molecule has 3 aromatic carbocycles. The standard InChI is InChI=1S/C36H42N6O5/c1-25(2)37-14-16-42(29-18-31(45-3)21-32(19-29)46-4)28-10-13-33-34(20-28)40-35(23-38-33)27-22-39-41(24-27)15-6-5-7-17-47-30-11-8-26(9-12-30)36(43)44/h8-13,18-25,37H,5-7,14-17H2,1-4H3,(H,43,44). The van der Waals surface area contributed by atoms with Gasteiger partial charge in [0.2, 0.25) is 0 Å². The zero-order valence-corrected chi connectivity index (χ0v) is 27.3. The Morgan fingerprint density at radius 1 is 0.894 bits per heavy atom. The number of methoxy groups -OCH3 is 2. The second-order valence-corrected chi connectivity index (χ2v) is 11.5. The van der Waals surface area contributed by atoms with Gasteiger partial charge in [0, 0.05) is 67.0 Å². The molecule has 2 aromatic heterocycles. The number of ether oxygens (including phenoxy) is 3. The molecule has 0 spiro atoms. The van der Waals surface area contributed by atoms with Crippen molar-refractivity contribution in [2.45, 2.75) is 45.7 Å². The molecular weight excluding hydrogens is 596 g/mol. The minimum Gasteiger partial charge on any atom is -0.497 e. The van der Waals surface area contributed by atoms with Gasteiger partial charge in [0.15, 0.2) is 0 Å². The topological polar surface area (TPSA) is 124 Å². The highest BCUT2D eigenvalue weighted by Gasteiger charge is 2.15. The summed E-state index contributed by atoms with van der Waals surface area (Å²) in [5.74, 6) is 1.17. The largest absolute Gasteiger partial charge is 0.497 e. The molecule has 0 saturated carbocycles. The van der Waals surface area contributed by atoms with Crippen LogP contribution in [0.1, 0.15) is 43.5 Å². The zero-order valence-electron chi connectivity index (χ0n) is 27.3. The van der Waals surface area contributed by atoms with Crippen LogP contribution in [0, 0.1) is 0 Å². The molecule has 47 heavy (non-hydrogen) atoms. The number of carboxylic acids is 1. The highest BCUT2D eigenvalue weighted by molar-refractivity contribution is 5.87. The molecule has 0 aliphatic rings. The lowest BCUT2D eigenvalue weighted by Gasteiger charge is -2.27. The minimum atomic E-state index is -0.945. The molecule has 0 saturated heterocycles. The first-order valence-electron chi connectivity index (χ1n) is 15.8. The van der Waals surface area contributed by atoms with Gasteiger partial charge >= 0.3 is 5.97 Å². The second-order valence-electron chi connectivity index (χ2n) is 11.5. The highest BCUT2D eigenvalue weighted by Crippen LogP contribution is 2.34. The molecule has 11 heteroatoms. The van der Waals surface area contributed by atoms with Crippen molar-refractivity contribution in [1.29, 1.82) is 0 Å². The van der Waals surface area contributed by atoms with Crippen LogP contribution in [0.15, 0.2) is 79.3 Å². The minimum absolute atomic E-state index is 0.248. The van der Waals surface area contributed by atoms with Crippen LogP contribution < -0.4 is 24.4 Å². The molecule has 0 aliphatic carbocycles. The number of carboxylic acid groups (broad SMARTS) is 1. The lowest BCUT2D eigenvalue weighted by molar-refractivity contribution is 0.0697. The van der Waals surface area contributed by atoms with E-state index in [1.807, 2.05) is 41.3 Å². The van der Waals surface area contributed by atoms with E-state index in [-0.39, 0.29) is 5.56 Å². The summed E-state index contributed by atoms with van der Waals surface area (Å²) < 4.78 is 18.8. The van der Waals surface area contributed by atoms with E-state index < -0.39 is 5.97 Å². The summed E-state index contributed by atoms with van der Waals surface area (Å²) in [6.45, 7) is 7.14. The Hall–Kier alpha value is -5.16. The number of carbonyl (C=O) groups is 1. The van der Waals surface area contributed by atoms with E-state index in [9.17, 15) is 4.79 Å². The fourth-order valence-electron chi connectivity index (χ4n) is 5.18. The maximum Gasteiger partial charge on any atom is 0.335 e. The summed E-state index contributed by atoms with van der Waals surface area (Å²) in [5.41, 5.74) is 5.47. The third-order valence-electron chi connectivity index (χ3n) is 7.70. The average molecular weight is 639 g/mol. The maximum atomic E-state index is 11.0. The van der Waals surface area contributed by atoms with Gasteiger partial charge < -0.3 is 29.5 Å². The molecule has 2 heterocycles. The van der Waals surface area contributed by atoms with Gasteiger partial charge in [-0.2, -0.15) is 5.10 Å². The predicted molar refractivity (Wildman–Crippen MR) is 183 cm³/mol. The number of nitrogens with one attached hydrogen (secondary N) is 1. The van der Waals surface area contributed by atoms with Crippen molar-refractivity contribution in [3.8, 4) is 28.5 Å². The van der Waals surface area contributed by atoms with Gasteiger partial charge in [0.25, 0.3) is 0 Å². The SMILES string of the molecule is COc1cc(OC)cc(N(CCNC(C)C)c2ccc3ncc(-c4cnn(CCCCCOc5ccc(C(=O)O)cc5)c4)nc3c2)c1. The van der Waals surface area contributed by atoms with Gasteiger partial charge in [-0.25, -0.2) is 9.78 Å². The summed E-state index contributed by atoms with van der Waals surface area (Å²) >= 11 is 0. The van der Waals surface area contributed by atoms with Gasteiger partial charge in [-0.1, -0.05) is 13.8 Å². The van der Waals surface area contributed by atoms with Crippen molar-refractivity contribution in [2.24, 2.45) is 0 Å². The molecule has 0 radical (unpaired) electrons. The molecule has 0 amide bonds. The first-order chi connectivity index (χ1) is 22.8. The van der Waals surface area contributed by atoms with E-state index in [4.69, 9.17) is 29.3 Å². The number of hydrogen-bond acceptors (Lipinski definition) is 9. The third-order valence-corrected chi connectivity index (χ3v) is 7.70. The van der Waals surface area contributed by atoms with E-state index in [1.165, 1.54) is 0 Å². The van der Waals surface area contributed by atoms with Crippen molar-refractivity contribution in [1.82, 2.24) is 25.1 Å². The van der Waals surface area contributed by atoms with Crippen LogP contribution in [-0.4, -0.2) is 70.8 Å². The smallest absolute Gasteiger partial charge is 0.335 e. The van der Waals surface area contributed by atoms with Crippen molar-refractivity contribution >= 4 is 28.4 Å². The Morgan fingerprint density at radius 3 is 2.36 bits per heavy atom. The third kappa shape index (κ3) is 8.98. The molecule has 5 aromatic rings. The van der Waals surface area contributed by atoms with Crippen LogP contribution in [-0.2, 0) is 6.54 Å². The molecule has 0 aliphatic heterocycles. The number of aryl methyl sites for hydroxylation is 1. The van der Waals surface area contributed by atoms with Gasteiger partial charge in [0.1, 0.15) is 17.2 Å². The van der Waals surface area contributed by atoms with E-state index in [0.29, 0.717) is 18.4 Å². The lowest BCUT2D eigenvalue weighted by atomic mass is 10.2. The van der Waals surface area contributed by atoms with Gasteiger partial charge in [-0.3, -0.25) is 9.67 Å². The number of aromatic nitrogens is 4. The van der Waals surface area contributed by atoms with E-state index in [2.05, 4.69) is 41.3 Å². The van der Waals surface area contributed by atoms with Crippen molar-refractivity contribution in [3.63, 3.8) is 0 Å². The summed E-state index contributed by atoms with van der Waals surface area (Å²) in [4.78, 5) is 22.9. The fourth-order valence-corrected chi connectivity index (χ4v) is 5.18. The molecule has 0 unspecified atom stereocenters. The normalized spacial score (nSPS) is 11.2. The highest BCUT2D eigenvalue weighted by atomic mass is 16.5. The number of unbranched alkanes of at least 4 members (excludes halogenated alkanes) is 2. The molecule has 0 bridgehead atoms. The van der Waals surface area contributed by atoms with Gasteiger partial charge in [0.05, 0.1) is 55.5 Å². The van der Waals surface area contributed by atoms with Crippen molar-refractivity contribution in [3.05, 3.63) is 84.8 Å². The van der Waals surface area contributed by atoms with E-state index in [1.54, 1.807) is 44.7 Å². The van der Waals surface area contributed by atoms with Crippen LogP contribution >= 0.6 is 0 Å². The predicted octanol–water partition coefficient (Wildman–Crippen LogP) is 6.59. The van der Waals surface area contributed by atoms with Gasteiger partial charge in [-0.15, -0.1) is 0 Å². The van der Waals surface area contributed by atoms with E-state index >= 15 is 0 Å². The zero-order chi connectivity index (χ0) is 33.2. The number of aromatic carboxylic acids is 1. The number of rotatable bonds is 17. The Balaban J connectivity index is 1.24. The number of benzene rings is 3. The second kappa shape index (κ2) is 15.9. The molecule has 0 fully saturated rings. The Bertz CT molecular complexity index is 1750. The first kappa shape index (κ1) is 33.2. The number of fused-ring (bicyclic) bond motifs is 1. The Morgan fingerprint density at radius 2 is 1.66 bits per heavy atom. The summed E-state index contributed by atoms with van der Waals surface area (Å²) in [5, 5.41) is 17.1. The number of anilines is 2. The molecule has 2 N–H and O–H groups in total. The molecule has 246 valence electrons. The quantitative estimate of drug-likeness (QED) is 0.108. The molecule has 5 rings (SSSR count). The average Bonchev–Trinajstić information content (AvgIpc) is 3.56. The van der Waals surface area contributed by atoms with Crippen molar-refractivity contribution in [2.75, 3.05) is 38.8 Å². The first-order valence-corrected chi connectivity index (χ1v) is 15.8. The van der Waals surface area contributed by atoms with Crippen LogP contribution in [0.5, 0.6) is 17.2 Å². The van der Waals surface area contributed by atoms with Crippen LogP contribution in [0.2, 0.25) is 0 Å². The number of nitrogens with zero attached hydrogens (tertiary/aromatic N) is 5. The fraction of sp³-hybridized carbons (Fsp3) is 0.333. The van der Waals surface area contributed by atoms with Gasteiger partial charge in [-0.05, 0) is 61.7 Å². The summed E-state index contributed by atoms with van der Waals surface area (Å²) in [6, 6.07) is 18.9. The number of hydrogen-bond donors (Lipinski definition) is 2. The molecule has 11 nitrogen and oxygen atoms in total. The van der Waals surface area contributed by atoms with Crippen LogP contribution in [0.25, 0.3) is 22.3 Å². The summed E-state index contributed by atoms with van der Waals surface area (Å²) in [6.07, 6.45) is 8.44.